The van der Waals surface area contributed by atoms with Crippen molar-refractivity contribution in [1.29, 1.82) is 0 Å². The molecule has 1 atom stereocenters. The molecule has 0 spiro atoms. The van der Waals surface area contributed by atoms with Crippen molar-refractivity contribution in [2.75, 3.05) is 14.2 Å². The molecule has 19 heavy (non-hydrogen) atoms. The van der Waals surface area contributed by atoms with Crippen LogP contribution in [0.4, 0.5) is 0 Å². The van der Waals surface area contributed by atoms with Crippen molar-refractivity contribution < 1.29 is 4.74 Å². The zero-order valence-corrected chi connectivity index (χ0v) is 12.7. The monoisotopic (exact) mass is 266 g/mol. The summed E-state index contributed by atoms with van der Waals surface area (Å²) in [5, 5.41) is 11.5. The van der Waals surface area contributed by atoms with E-state index in [1.165, 1.54) is 12.8 Å². The summed E-state index contributed by atoms with van der Waals surface area (Å²) in [4.78, 5) is 0. The van der Waals surface area contributed by atoms with E-state index in [0.29, 0.717) is 5.41 Å². The highest BCUT2D eigenvalue weighted by atomic mass is 16.5. The average Bonchev–Trinajstić information content (AvgIpc) is 2.79. The number of nitrogens with one attached hydrogen (secondary N) is 1. The smallest absolute Gasteiger partial charge is 0.0888 e. The number of rotatable bonds is 4. The normalized spacial score (nSPS) is 23.2. The zero-order chi connectivity index (χ0) is 14.1. The van der Waals surface area contributed by atoms with Crippen molar-refractivity contribution >= 4 is 0 Å². The number of aromatic nitrogens is 3. The van der Waals surface area contributed by atoms with Gasteiger partial charge in [-0.25, -0.2) is 0 Å². The maximum Gasteiger partial charge on any atom is 0.0888 e. The summed E-state index contributed by atoms with van der Waals surface area (Å²) < 4.78 is 7.81. The van der Waals surface area contributed by atoms with Gasteiger partial charge in [0, 0.05) is 14.2 Å². The van der Waals surface area contributed by atoms with Crippen LogP contribution in [0.3, 0.4) is 0 Å². The Bertz CT molecular complexity index is 417. The third kappa shape index (κ3) is 2.67. The van der Waals surface area contributed by atoms with Gasteiger partial charge in [0.2, 0.25) is 0 Å². The van der Waals surface area contributed by atoms with Gasteiger partial charge < -0.3 is 10.1 Å². The molecular formula is C14H26N4O. The number of aryl methyl sites for hydroxylation is 1. The molecule has 1 aromatic heterocycles. The molecule has 108 valence electrons. The lowest BCUT2D eigenvalue weighted by Gasteiger charge is -2.46. The third-order valence-corrected chi connectivity index (χ3v) is 4.72. The van der Waals surface area contributed by atoms with E-state index in [9.17, 15) is 0 Å². The van der Waals surface area contributed by atoms with E-state index in [-0.39, 0.29) is 11.6 Å². The van der Waals surface area contributed by atoms with Crippen molar-refractivity contribution in [3.63, 3.8) is 0 Å². The molecule has 0 saturated heterocycles. The predicted molar refractivity (Wildman–Crippen MR) is 74.8 cm³/mol. The van der Waals surface area contributed by atoms with Crippen LogP contribution in [0, 0.1) is 5.41 Å². The lowest BCUT2D eigenvalue weighted by molar-refractivity contribution is -0.0877. The van der Waals surface area contributed by atoms with Crippen molar-refractivity contribution in [3.8, 4) is 0 Å². The van der Waals surface area contributed by atoms with Crippen LogP contribution in [0.2, 0.25) is 0 Å². The van der Waals surface area contributed by atoms with Crippen LogP contribution in [-0.2, 0) is 11.8 Å². The van der Waals surface area contributed by atoms with Crippen molar-refractivity contribution in [3.05, 3.63) is 11.9 Å². The average molecular weight is 266 g/mol. The van der Waals surface area contributed by atoms with Gasteiger partial charge in [-0.1, -0.05) is 19.1 Å². The summed E-state index contributed by atoms with van der Waals surface area (Å²) >= 11 is 0. The molecule has 1 heterocycles. The minimum absolute atomic E-state index is 0.133. The minimum Gasteiger partial charge on any atom is -0.376 e. The highest BCUT2D eigenvalue weighted by Crippen LogP contribution is 2.47. The molecule has 0 bridgehead atoms. The Morgan fingerprint density at radius 3 is 2.37 bits per heavy atom. The number of methoxy groups -OCH3 is 1. The Kier molecular flexibility index (Phi) is 3.97. The van der Waals surface area contributed by atoms with Crippen LogP contribution >= 0.6 is 0 Å². The minimum atomic E-state index is -0.153. The van der Waals surface area contributed by atoms with Crippen LogP contribution in [-0.4, -0.2) is 34.8 Å². The number of ether oxygens (including phenoxy) is 1. The van der Waals surface area contributed by atoms with Gasteiger partial charge in [0.15, 0.2) is 0 Å². The van der Waals surface area contributed by atoms with Gasteiger partial charge in [-0.2, -0.15) is 0 Å². The summed E-state index contributed by atoms with van der Waals surface area (Å²) in [6.45, 7) is 4.68. The maximum atomic E-state index is 5.97. The summed E-state index contributed by atoms with van der Waals surface area (Å²) in [5.74, 6) is 0. The van der Waals surface area contributed by atoms with Crippen molar-refractivity contribution in [2.45, 2.75) is 51.2 Å². The number of likely N-dealkylation sites (N-methyl/N-ethyl adjacent to an activating group) is 1. The van der Waals surface area contributed by atoms with Crippen molar-refractivity contribution in [1.82, 2.24) is 20.3 Å². The number of hydrogen-bond donors (Lipinski definition) is 1. The highest BCUT2D eigenvalue weighted by molar-refractivity contribution is 5.12. The fraction of sp³-hybridized carbons (Fsp3) is 0.857. The Morgan fingerprint density at radius 2 is 1.95 bits per heavy atom. The van der Waals surface area contributed by atoms with E-state index < -0.39 is 0 Å². The number of hydrogen-bond acceptors (Lipinski definition) is 4. The first-order valence-corrected chi connectivity index (χ1v) is 7.01. The van der Waals surface area contributed by atoms with Crippen molar-refractivity contribution in [2.24, 2.45) is 12.5 Å². The zero-order valence-electron chi connectivity index (χ0n) is 12.7. The predicted octanol–water partition coefficient (Wildman–Crippen LogP) is 2.06. The van der Waals surface area contributed by atoms with Crippen LogP contribution < -0.4 is 5.32 Å². The van der Waals surface area contributed by atoms with Gasteiger partial charge in [0.25, 0.3) is 0 Å². The second-order valence-electron chi connectivity index (χ2n) is 6.44. The third-order valence-electron chi connectivity index (χ3n) is 4.72. The molecule has 2 rings (SSSR count). The van der Waals surface area contributed by atoms with Gasteiger partial charge in [-0.3, -0.25) is 4.68 Å². The first-order valence-electron chi connectivity index (χ1n) is 7.01. The summed E-state index contributed by atoms with van der Waals surface area (Å²) in [6.07, 6.45) is 6.33. The van der Waals surface area contributed by atoms with Gasteiger partial charge in [-0.15, -0.1) is 5.10 Å². The molecule has 1 saturated carbocycles. The molecule has 5 heteroatoms. The standard InChI is InChI=1S/C14H26N4O/c1-13(2)6-8-14(19-5,9-7-13)12(15-3)11-10-16-17-18(11)4/h10,12,15H,6-9H2,1-5H3. The first kappa shape index (κ1) is 14.5. The largest absolute Gasteiger partial charge is 0.376 e. The molecule has 0 amide bonds. The molecule has 0 radical (unpaired) electrons. The highest BCUT2D eigenvalue weighted by Gasteiger charge is 2.45. The van der Waals surface area contributed by atoms with Crippen LogP contribution in [0.5, 0.6) is 0 Å². The summed E-state index contributed by atoms with van der Waals surface area (Å²) in [5.41, 5.74) is 1.36. The van der Waals surface area contributed by atoms with E-state index >= 15 is 0 Å². The SMILES string of the molecule is CNC(c1cnnn1C)C1(OC)CCC(C)(C)CC1. The van der Waals surface area contributed by atoms with Gasteiger partial charge in [0.1, 0.15) is 0 Å². The lowest BCUT2D eigenvalue weighted by atomic mass is 9.68. The Hall–Kier alpha value is -0.940. The summed E-state index contributed by atoms with van der Waals surface area (Å²) in [7, 11) is 5.74. The van der Waals surface area contributed by atoms with Gasteiger partial charge in [0.05, 0.1) is 23.5 Å². The fourth-order valence-electron chi connectivity index (χ4n) is 3.20. The van der Waals surface area contributed by atoms with E-state index in [4.69, 9.17) is 4.74 Å². The molecule has 1 unspecified atom stereocenters. The van der Waals surface area contributed by atoms with Gasteiger partial charge >= 0.3 is 0 Å². The second kappa shape index (κ2) is 5.21. The molecule has 1 aromatic rings. The number of nitrogens with zero attached hydrogens (tertiary/aromatic N) is 3. The van der Waals surface area contributed by atoms with E-state index in [1.807, 2.05) is 32.1 Å². The molecular weight excluding hydrogens is 240 g/mol. The molecule has 1 fully saturated rings. The molecule has 0 aliphatic heterocycles. The van der Waals surface area contributed by atoms with Gasteiger partial charge in [-0.05, 0) is 38.1 Å². The van der Waals surface area contributed by atoms with E-state index in [1.54, 1.807) is 0 Å². The Balaban J connectivity index is 2.27. The summed E-state index contributed by atoms with van der Waals surface area (Å²) in [6, 6.07) is 0.133. The quantitative estimate of drug-likeness (QED) is 0.906. The molecule has 0 aromatic carbocycles. The molecule has 1 aliphatic carbocycles. The van der Waals surface area contributed by atoms with E-state index in [2.05, 4.69) is 29.5 Å². The first-order chi connectivity index (χ1) is 8.94. The lowest BCUT2D eigenvalue weighted by Crippen LogP contribution is -2.48. The topological polar surface area (TPSA) is 52.0 Å². The molecule has 1 aliphatic rings. The Labute approximate surface area is 115 Å². The maximum absolute atomic E-state index is 5.97. The van der Waals surface area contributed by atoms with Crippen LogP contribution in [0.15, 0.2) is 6.20 Å². The van der Waals surface area contributed by atoms with E-state index in [0.717, 1.165) is 18.5 Å². The van der Waals surface area contributed by atoms with Crippen LogP contribution in [0.1, 0.15) is 51.3 Å². The molecule has 1 N–H and O–H groups in total. The second-order valence-corrected chi connectivity index (χ2v) is 6.44. The van der Waals surface area contributed by atoms with Crippen LogP contribution in [0.25, 0.3) is 0 Å². The molecule has 5 nitrogen and oxygen atoms in total. The Morgan fingerprint density at radius 1 is 1.32 bits per heavy atom. The fourth-order valence-corrected chi connectivity index (χ4v) is 3.20.